The zero-order chi connectivity index (χ0) is 18.4. The molecule has 0 aliphatic carbocycles. The van der Waals surface area contributed by atoms with E-state index in [1.165, 1.54) is 11.8 Å². The smallest absolute Gasteiger partial charge is 0.225 e. The highest BCUT2D eigenvalue weighted by Crippen LogP contribution is 2.26. The Morgan fingerprint density at radius 3 is 2.16 bits per heavy atom. The third-order valence-corrected chi connectivity index (χ3v) is 4.25. The molecule has 0 saturated heterocycles. The monoisotopic (exact) mass is 337 g/mol. The summed E-state index contributed by atoms with van der Waals surface area (Å²) in [7, 11) is 0. The van der Waals surface area contributed by atoms with Crippen molar-refractivity contribution in [2.45, 2.75) is 38.5 Å². The van der Waals surface area contributed by atoms with E-state index in [0.29, 0.717) is 18.3 Å². The number of ketones is 1. The SMILES string of the molecule is CC(C)(C)c1ccc(C(/C=N/O)Cc2ccc(C(=O)C=O)cc2)cc1. The summed E-state index contributed by atoms with van der Waals surface area (Å²) in [5, 5.41) is 12.2. The van der Waals surface area contributed by atoms with Crippen molar-refractivity contribution in [2.75, 3.05) is 0 Å². The van der Waals surface area contributed by atoms with E-state index in [-0.39, 0.29) is 11.3 Å². The molecule has 0 bridgehead atoms. The molecule has 130 valence electrons. The first-order chi connectivity index (χ1) is 11.8. The van der Waals surface area contributed by atoms with Crippen molar-refractivity contribution < 1.29 is 14.8 Å². The van der Waals surface area contributed by atoms with Crippen molar-refractivity contribution in [2.24, 2.45) is 5.16 Å². The summed E-state index contributed by atoms with van der Waals surface area (Å²) in [6.07, 6.45) is 2.46. The number of Topliss-reactive ketones (excluding diaryl/α,β-unsaturated/α-hetero) is 1. The first kappa shape index (κ1) is 18.6. The molecular weight excluding hydrogens is 314 g/mol. The number of oxime groups is 1. The van der Waals surface area contributed by atoms with E-state index in [4.69, 9.17) is 5.21 Å². The summed E-state index contributed by atoms with van der Waals surface area (Å²) in [6, 6.07) is 15.2. The van der Waals surface area contributed by atoms with Crippen LogP contribution in [0.5, 0.6) is 0 Å². The summed E-state index contributed by atoms with van der Waals surface area (Å²) in [5.74, 6) is -0.607. The molecule has 25 heavy (non-hydrogen) atoms. The van der Waals surface area contributed by atoms with Gasteiger partial charge in [-0.2, -0.15) is 0 Å². The summed E-state index contributed by atoms with van der Waals surface area (Å²) in [6.45, 7) is 6.49. The predicted octanol–water partition coefficient (Wildman–Crippen LogP) is 4.15. The Bertz CT molecular complexity index is 753. The molecule has 1 N–H and O–H groups in total. The number of carbonyl (C=O) groups is 2. The van der Waals surface area contributed by atoms with E-state index >= 15 is 0 Å². The largest absolute Gasteiger partial charge is 0.411 e. The van der Waals surface area contributed by atoms with Crippen molar-refractivity contribution in [1.29, 1.82) is 0 Å². The quantitative estimate of drug-likeness (QED) is 0.215. The number of benzene rings is 2. The van der Waals surface area contributed by atoms with Gasteiger partial charge in [-0.15, -0.1) is 5.16 Å². The fourth-order valence-corrected chi connectivity index (χ4v) is 2.69. The van der Waals surface area contributed by atoms with Gasteiger partial charge in [-0.1, -0.05) is 69.3 Å². The van der Waals surface area contributed by atoms with Crippen LogP contribution in [0.25, 0.3) is 0 Å². The maximum atomic E-state index is 11.4. The molecule has 2 aromatic rings. The Morgan fingerprint density at radius 2 is 1.68 bits per heavy atom. The number of nitrogens with zero attached hydrogens (tertiary/aromatic N) is 1. The minimum atomic E-state index is -0.530. The highest BCUT2D eigenvalue weighted by Gasteiger charge is 2.16. The second-order valence-corrected chi connectivity index (χ2v) is 7.13. The van der Waals surface area contributed by atoms with Gasteiger partial charge in [0, 0.05) is 11.5 Å². The van der Waals surface area contributed by atoms with E-state index in [2.05, 4.69) is 50.2 Å². The Labute approximate surface area is 148 Å². The highest BCUT2D eigenvalue weighted by atomic mass is 16.4. The van der Waals surface area contributed by atoms with Crippen LogP contribution < -0.4 is 0 Å². The van der Waals surface area contributed by atoms with Crippen LogP contribution in [0.1, 0.15) is 53.7 Å². The van der Waals surface area contributed by atoms with E-state index in [1.807, 2.05) is 12.1 Å². The lowest BCUT2D eigenvalue weighted by Gasteiger charge is -2.20. The van der Waals surface area contributed by atoms with Crippen molar-refractivity contribution in [3.63, 3.8) is 0 Å². The van der Waals surface area contributed by atoms with Crippen LogP contribution in [-0.2, 0) is 16.6 Å². The summed E-state index contributed by atoms with van der Waals surface area (Å²) in [4.78, 5) is 21.9. The second-order valence-electron chi connectivity index (χ2n) is 7.13. The van der Waals surface area contributed by atoms with Gasteiger partial charge >= 0.3 is 0 Å². The Morgan fingerprint density at radius 1 is 1.08 bits per heavy atom. The normalized spacial score (nSPS) is 12.9. The zero-order valence-corrected chi connectivity index (χ0v) is 14.8. The van der Waals surface area contributed by atoms with Gasteiger partial charge in [0.15, 0.2) is 6.29 Å². The molecule has 4 nitrogen and oxygen atoms in total. The van der Waals surface area contributed by atoms with E-state index < -0.39 is 5.78 Å². The number of hydrogen-bond donors (Lipinski definition) is 1. The molecule has 0 saturated carbocycles. The third kappa shape index (κ3) is 4.86. The van der Waals surface area contributed by atoms with Crippen LogP contribution in [0.4, 0.5) is 0 Å². The first-order valence-corrected chi connectivity index (χ1v) is 8.21. The summed E-state index contributed by atoms with van der Waals surface area (Å²) >= 11 is 0. The van der Waals surface area contributed by atoms with Gasteiger partial charge in [0.2, 0.25) is 5.78 Å². The average molecular weight is 337 g/mol. The van der Waals surface area contributed by atoms with Gasteiger partial charge in [-0.05, 0) is 28.5 Å². The Balaban J connectivity index is 2.21. The lowest BCUT2D eigenvalue weighted by atomic mass is 9.85. The topological polar surface area (TPSA) is 66.7 Å². The standard InChI is InChI=1S/C21H23NO3/c1-21(2,3)19-10-8-16(9-11-19)18(13-22-25)12-15-4-6-17(7-5-15)20(24)14-23/h4-11,13-14,18,25H,12H2,1-3H3/b22-13+. The van der Waals surface area contributed by atoms with Gasteiger partial charge in [0.25, 0.3) is 0 Å². The molecule has 0 spiro atoms. The molecular formula is C21H23NO3. The maximum absolute atomic E-state index is 11.4. The van der Waals surface area contributed by atoms with Crippen LogP contribution in [0.2, 0.25) is 0 Å². The minimum absolute atomic E-state index is 0.0772. The molecule has 2 aromatic carbocycles. The Hall–Kier alpha value is -2.75. The van der Waals surface area contributed by atoms with Gasteiger partial charge in [-0.25, -0.2) is 0 Å². The van der Waals surface area contributed by atoms with Crippen molar-refractivity contribution >= 4 is 18.3 Å². The summed E-state index contributed by atoms with van der Waals surface area (Å²) < 4.78 is 0. The minimum Gasteiger partial charge on any atom is -0.411 e. The van der Waals surface area contributed by atoms with Crippen LogP contribution in [-0.4, -0.2) is 23.5 Å². The molecule has 0 aliphatic heterocycles. The number of aldehydes is 1. The van der Waals surface area contributed by atoms with Crippen molar-refractivity contribution in [1.82, 2.24) is 0 Å². The molecule has 0 aliphatic rings. The molecule has 0 radical (unpaired) electrons. The molecule has 1 unspecified atom stereocenters. The van der Waals surface area contributed by atoms with Gasteiger partial charge < -0.3 is 5.21 Å². The molecule has 2 rings (SSSR count). The van der Waals surface area contributed by atoms with Crippen LogP contribution >= 0.6 is 0 Å². The van der Waals surface area contributed by atoms with Crippen LogP contribution in [0.3, 0.4) is 0 Å². The Kier molecular flexibility index (Phi) is 5.86. The third-order valence-electron chi connectivity index (χ3n) is 4.25. The molecule has 0 aromatic heterocycles. The van der Waals surface area contributed by atoms with Crippen LogP contribution in [0, 0.1) is 0 Å². The highest BCUT2D eigenvalue weighted by molar-refractivity contribution is 6.33. The van der Waals surface area contributed by atoms with Crippen LogP contribution in [0.15, 0.2) is 53.7 Å². The second kappa shape index (κ2) is 7.88. The van der Waals surface area contributed by atoms with Crippen molar-refractivity contribution in [3.8, 4) is 0 Å². The molecule has 4 heteroatoms. The van der Waals surface area contributed by atoms with Crippen molar-refractivity contribution in [3.05, 3.63) is 70.8 Å². The molecule has 1 atom stereocenters. The lowest BCUT2D eigenvalue weighted by Crippen LogP contribution is -2.12. The predicted molar refractivity (Wildman–Crippen MR) is 98.7 cm³/mol. The fourth-order valence-electron chi connectivity index (χ4n) is 2.69. The van der Waals surface area contributed by atoms with Gasteiger partial charge in [0.1, 0.15) is 0 Å². The van der Waals surface area contributed by atoms with E-state index in [1.54, 1.807) is 12.1 Å². The average Bonchev–Trinajstić information content (AvgIpc) is 2.60. The molecule has 0 heterocycles. The number of hydrogen-bond acceptors (Lipinski definition) is 4. The lowest BCUT2D eigenvalue weighted by molar-refractivity contribution is -0.104. The molecule has 0 fully saturated rings. The maximum Gasteiger partial charge on any atom is 0.225 e. The number of rotatable bonds is 6. The van der Waals surface area contributed by atoms with Gasteiger partial charge in [-0.3, -0.25) is 9.59 Å². The fraction of sp³-hybridized carbons (Fsp3) is 0.286. The zero-order valence-electron chi connectivity index (χ0n) is 14.8. The molecule has 0 amide bonds. The van der Waals surface area contributed by atoms with Gasteiger partial charge in [0.05, 0.1) is 6.21 Å². The summed E-state index contributed by atoms with van der Waals surface area (Å²) in [5.41, 5.74) is 3.75. The van der Waals surface area contributed by atoms with E-state index in [9.17, 15) is 9.59 Å². The first-order valence-electron chi connectivity index (χ1n) is 8.21. The van der Waals surface area contributed by atoms with E-state index in [0.717, 1.165) is 11.1 Å². The number of carbonyl (C=O) groups excluding carboxylic acids is 2.